The number of carboxylic acids is 1. The molecule has 3 rings (SSSR count). The molecule has 2 aromatic rings. The molecule has 0 spiro atoms. The van der Waals surface area contributed by atoms with Crippen molar-refractivity contribution in [2.45, 2.75) is 43.4 Å². The predicted octanol–water partition coefficient (Wildman–Crippen LogP) is -4.33. The fourth-order valence-corrected chi connectivity index (χ4v) is 3.75. The molecule has 1 fully saturated rings. The van der Waals surface area contributed by atoms with Gasteiger partial charge in [0, 0.05) is 12.4 Å². The third-order valence-corrected chi connectivity index (χ3v) is 5.55. The zero-order chi connectivity index (χ0) is 22.8. The van der Waals surface area contributed by atoms with Crippen LogP contribution < -0.4 is 21.5 Å². The van der Waals surface area contributed by atoms with Gasteiger partial charge in [0.25, 0.3) is 7.82 Å². The van der Waals surface area contributed by atoms with E-state index in [1.54, 1.807) is 0 Å². The first-order valence-corrected chi connectivity index (χ1v) is 10.6. The van der Waals surface area contributed by atoms with Crippen LogP contribution in [-0.2, 0) is 23.1 Å². The number of nitrogens with zero attached hydrogens (tertiary/aromatic N) is 4. The monoisotopic (exact) mass is 461 g/mol. The quantitative estimate of drug-likeness (QED) is 0.245. The van der Waals surface area contributed by atoms with Gasteiger partial charge in [-0.05, 0) is 6.42 Å². The summed E-state index contributed by atoms with van der Waals surface area (Å²) in [5.74, 6) is -1.17. The van der Waals surface area contributed by atoms with E-state index in [0.717, 1.165) is 0 Å². The zero-order valence-electron chi connectivity index (χ0n) is 16.1. The van der Waals surface area contributed by atoms with Crippen LogP contribution in [0.3, 0.4) is 0 Å². The van der Waals surface area contributed by atoms with E-state index in [1.807, 2.05) is 0 Å². The first-order valence-electron chi connectivity index (χ1n) is 9.16. The maximum atomic E-state index is 11.9. The van der Waals surface area contributed by atoms with Crippen molar-refractivity contribution in [3.8, 4) is 0 Å². The molecule has 0 aromatic carbocycles. The summed E-state index contributed by atoms with van der Waals surface area (Å²) in [4.78, 5) is 34.2. The van der Waals surface area contributed by atoms with Crippen LogP contribution in [0.1, 0.15) is 19.1 Å². The molecule has 0 radical (unpaired) electrons. The van der Waals surface area contributed by atoms with Crippen molar-refractivity contribution in [2.24, 2.45) is 0 Å². The lowest BCUT2D eigenvalue weighted by Gasteiger charge is -2.25. The Balaban J connectivity index is 1.58. The van der Waals surface area contributed by atoms with Crippen molar-refractivity contribution in [2.75, 3.05) is 18.9 Å². The maximum Gasteiger partial charge on any atom is 0.268 e. The van der Waals surface area contributed by atoms with Gasteiger partial charge in [-0.3, -0.25) is 9.13 Å². The summed E-state index contributed by atoms with van der Waals surface area (Å²) in [5, 5.41) is 31.0. The Labute approximate surface area is 175 Å². The average Bonchev–Trinajstić information content (AvgIpc) is 3.26. The molecule has 16 heteroatoms. The minimum atomic E-state index is -4.80. The summed E-state index contributed by atoms with van der Waals surface area (Å²) in [6.07, 6.45) is -3.01. The number of fused-ring (bicyclic) bond motifs is 1. The van der Waals surface area contributed by atoms with E-state index in [1.165, 1.54) is 17.2 Å². The Kier molecular flexibility index (Phi) is 7.18. The lowest BCUT2D eigenvalue weighted by Crippen LogP contribution is -2.63. The molecular weight excluding hydrogens is 439 g/mol. The summed E-state index contributed by atoms with van der Waals surface area (Å²) < 4.78 is 28.2. The molecule has 6 unspecified atom stereocenters. The number of anilines is 1. The molecule has 172 valence electrons. The van der Waals surface area contributed by atoms with Gasteiger partial charge < -0.3 is 50.3 Å². The van der Waals surface area contributed by atoms with Crippen molar-refractivity contribution in [1.82, 2.24) is 19.5 Å². The Bertz CT molecular complexity index is 974. The standard InChI is InChI=1S/C15H23N6O9P/c16-7(1-2-9(22)23)3-28-31(26,27)29-4-8-11(24)12(25)15(30-8)21-6-20-10-13(17)18-5-19-14(10)21/h5-8,11-12,15,24-25H,1-4,16H2,(H,22,23)(H,26,27)(H2,17,18,19)/p-1. The Morgan fingerprint density at radius 1 is 1.35 bits per heavy atom. The summed E-state index contributed by atoms with van der Waals surface area (Å²) >= 11 is 0. The lowest BCUT2D eigenvalue weighted by atomic mass is 10.1. The highest BCUT2D eigenvalue weighted by molar-refractivity contribution is 7.45. The molecule has 6 atom stereocenters. The van der Waals surface area contributed by atoms with E-state index >= 15 is 0 Å². The number of aromatic nitrogens is 4. The summed E-state index contributed by atoms with van der Waals surface area (Å²) in [5.41, 5.74) is 9.83. The van der Waals surface area contributed by atoms with Crippen LogP contribution in [0, 0.1) is 0 Å². The van der Waals surface area contributed by atoms with Crippen LogP contribution in [0.2, 0.25) is 0 Å². The SMILES string of the molecule is Nc1ncnc2c1ncn2C1OC(COP(=O)([O-])OCC([NH3+])CCC(=O)[O-])C(O)C1O. The number of carbonyl (C=O) groups is 1. The van der Waals surface area contributed by atoms with Gasteiger partial charge in [-0.2, -0.15) is 0 Å². The molecule has 7 N–H and O–H groups in total. The highest BCUT2D eigenvalue weighted by Crippen LogP contribution is 2.40. The summed E-state index contributed by atoms with van der Waals surface area (Å²) in [6.45, 7) is -1.03. The number of quaternary nitrogens is 1. The van der Waals surface area contributed by atoms with E-state index < -0.39 is 57.6 Å². The van der Waals surface area contributed by atoms with Crippen molar-refractivity contribution >= 4 is 30.8 Å². The molecule has 0 saturated carbocycles. The van der Waals surface area contributed by atoms with Gasteiger partial charge in [-0.25, -0.2) is 15.0 Å². The molecule has 0 bridgehead atoms. The number of rotatable bonds is 10. The van der Waals surface area contributed by atoms with Gasteiger partial charge in [-0.15, -0.1) is 0 Å². The molecule has 0 aliphatic carbocycles. The van der Waals surface area contributed by atoms with Crippen LogP contribution >= 0.6 is 7.82 Å². The van der Waals surface area contributed by atoms with Gasteiger partial charge in [0.2, 0.25) is 0 Å². The predicted molar refractivity (Wildman–Crippen MR) is 96.1 cm³/mol. The number of aliphatic carboxylic acids is 1. The highest BCUT2D eigenvalue weighted by atomic mass is 31.2. The van der Waals surface area contributed by atoms with Crippen LogP contribution in [0.4, 0.5) is 5.82 Å². The molecule has 1 aliphatic heterocycles. The van der Waals surface area contributed by atoms with E-state index in [2.05, 4.69) is 25.2 Å². The van der Waals surface area contributed by atoms with Crippen molar-refractivity contribution in [1.29, 1.82) is 0 Å². The first-order chi connectivity index (χ1) is 14.6. The van der Waals surface area contributed by atoms with E-state index in [4.69, 9.17) is 15.0 Å². The lowest BCUT2D eigenvalue weighted by molar-refractivity contribution is -0.427. The molecule has 1 aliphatic rings. The fraction of sp³-hybridized carbons (Fsp3) is 0.600. The highest BCUT2D eigenvalue weighted by Gasteiger charge is 2.44. The van der Waals surface area contributed by atoms with Crippen molar-refractivity contribution in [3.63, 3.8) is 0 Å². The van der Waals surface area contributed by atoms with E-state index in [0.29, 0.717) is 0 Å². The third kappa shape index (κ3) is 5.53. The molecule has 15 nitrogen and oxygen atoms in total. The van der Waals surface area contributed by atoms with Gasteiger partial charge in [0.15, 0.2) is 17.7 Å². The largest absolute Gasteiger partial charge is 0.756 e. The number of nitrogens with two attached hydrogens (primary N) is 1. The number of aliphatic hydroxyl groups is 2. The fourth-order valence-electron chi connectivity index (χ4n) is 2.96. The number of phosphoric acid groups is 1. The smallest absolute Gasteiger partial charge is 0.268 e. The van der Waals surface area contributed by atoms with Crippen LogP contribution in [0.25, 0.3) is 11.2 Å². The minimum Gasteiger partial charge on any atom is -0.756 e. The number of aliphatic hydroxyl groups excluding tert-OH is 2. The molecule has 3 heterocycles. The Morgan fingerprint density at radius 2 is 2.10 bits per heavy atom. The number of hydrogen-bond donors (Lipinski definition) is 4. The van der Waals surface area contributed by atoms with Crippen molar-refractivity contribution < 1.29 is 49.1 Å². The molecule has 2 aromatic heterocycles. The topological polar surface area (TPSA) is 246 Å². The van der Waals surface area contributed by atoms with Gasteiger partial charge in [0.1, 0.15) is 42.8 Å². The summed E-state index contributed by atoms with van der Waals surface area (Å²) in [7, 11) is -4.80. The molecule has 1 saturated heterocycles. The Hall–Kier alpha value is -2.23. The zero-order valence-corrected chi connectivity index (χ0v) is 17.0. The first kappa shape index (κ1) is 23.4. The maximum absolute atomic E-state index is 11.9. The number of carboxylic acid groups (broad SMARTS) is 1. The number of nitrogen functional groups attached to an aromatic ring is 1. The normalized spacial score (nSPS) is 26.7. The van der Waals surface area contributed by atoms with Gasteiger partial charge in [0.05, 0.1) is 12.9 Å². The summed E-state index contributed by atoms with van der Waals surface area (Å²) in [6, 6.07) is -0.618. The second-order valence-electron chi connectivity index (χ2n) is 6.94. The van der Waals surface area contributed by atoms with E-state index in [9.17, 15) is 29.6 Å². The minimum absolute atomic E-state index is 0.0631. The van der Waals surface area contributed by atoms with Gasteiger partial charge in [-0.1, -0.05) is 0 Å². The molecular formula is C15H22N6O9P-. The third-order valence-electron chi connectivity index (χ3n) is 4.62. The average molecular weight is 461 g/mol. The van der Waals surface area contributed by atoms with E-state index in [-0.39, 0.29) is 29.8 Å². The Morgan fingerprint density at radius 3 is 2.81 bits per heavy atom. The number of imidazole rings is 1. The van der Waals surface area contributed by atoms with Crippen LogP contribution in [-0.4, -0.2) is 73.3 Å². The number of ether oxygens (including phenoxy) is 1. The van der Waals surface area contributed by atoms with Gasteiger partial charge >= 0.3 is 0 Å². The second kappa shape index (κ2) is 9.50. The molecule has 0 amide bonds. The number of carbonyl (C=O) groups excluding carboxylic acids is 1. The second-order valence-corrected chi connectivity index (χ2v) is 8.36. The molecule has 31 heavy (non-hydrogen) atoms. The number of hydrogen-bond acceptors (Lipinski definition) is 13. The van der Waals surface area contributed by atoms with Crippen molar-refractivity contribution in [3.05, 3.63) is 12.7 Å². The van der Waals surface area contributed by atoms with Crippen LogP contribution in [0.5, 0.6) is 0 Å². The number of phosphoric ester groups is 1. The van der Waals surface area contributed by atoms with Crippen LogP contribution in [0.15, 0.2) is 12.7 Å².